The summed E-state index contributed by atoms with van der Waals surface area (Å²) >= 11 is 0. The zero-order chi connectivity index (χ0) is 16.9. The van der Waals surface area contributed by atoms with Crippen molar-refractivity contribution in [3.8, 4) is 0 Å². The van der Waals surface area contributed by atoms with Gasteiger partial charge in [0.15, 0.2) is 5.96 Å². The van der Waals surface area contributed by atoms with Gasteiger partial charge in [0.05, 0.1) is 5.60 Å². The van der Waals surface area contributed by atoms with Crippen molar-refractivity contribution in [2.45, 2.75) is 38.8 Å². The first-order valence-corrected chi connectivity index (χ1v) is 8.29. The quantitative estimate of drug-likeness (QED) is 0.415. The van der Waals surface area contributed by atoms with Crippen LogP contribution in [0.2, 0.25) is 0 Å². The number of anilines is 1. The molecule has 1 fully saturated rings. The van der Waals surface area contributed by atoms with Gasteiger partial charge in [0.1, 0.15) is 0 Å². The minimum atomic E-state index is -0.0686. The van der Waals surface area contributed by atoms with Gasteiger partial charge in [-0.05, 0) is 49.9 Å². The normalized spacial score (nSPS) is 20.5. The maximum atomic E-state index is 5.80. The van der Waals surface area contributed by atoms with E-state index >= 15 is 0 Å². The van der Waals surface area contributed by atoms with Gasteiger partial charge in [-0.15, -0.1) is 24.0 Å². The standard InChI is InChI=1S/C18H30N4O.HI/c1-14-11-16(22(4)5)8-7-15(14)12-20-17(19-3)21-13-18(2)9-6-10-23-18;/h7-8,11H,6,9-10,12-13H2,1-5H3,(H2,19,20,21);1H. The number of ether oxygens (including phenoxy) is 1. The topological polar surface area (TPSA) is 48.9 Å². The molecule has 0 bridgehead atoms. The van der Waals surface area contributed by atoms with Crippen LogP contribution in [0.25, 0.3) is 0 Å². The van der Waals surface area contributed by atoms with Crippen molar-refractivity contribution in [3.05, 3.63) is 29.3 Å². The molecule has 2 N–H and O–H groups in total. The lowest BCUT2D eigenvalue weighted by molar-refractivity contribution is 0.0243. The van der Waals surface area contributed by atoms with Crippen molar-refractivity contribution in [1.29, 1.82) is 0 Å². The SMILES string of the molecule is CN=C(NCc1ccc(N(C)C)cc1C)NCC1(C)CCCO1.I. The molecule has 1 heterocycles. The summed E-state index contributed by atoms with van der Waals surface area (Å²) < 4.78 is 5.80. The Bertz CT molecular complexity index is 554. The minimum Gasteiger partial charge on any atom is -0.378 e. The number of hydrogen-bond donors (Lipinski definition) is 2. The second-order valence-corrected chi connectivity index (χ2v) is 6.69. The molecule has 1 aliphatic rings. The van der Waals surface area contributed by atoms with E-state index in [-0.39, 0.29) is 29.6 Å². The first kappa shape index (κ1) is 21.0. The van der Waals surface area contributed by atoms with Gasteiger partial charge in [-0.25, -0.2) is 0 Å². The molecule has 0 aliphatic carbocycles. The Morgan fingerprint density at radius 3 is 2.62 bits per heavy atom. The largest absolute Gasteiger partial charge is 0.378 e. The monoisotopic (exact) mass is 446 g/mol. The van der Waals surface area contributed by atoms with Crippen LogP contribution in [0.5, 0.6) is 0 Å². The highest BCUT2D eigenvalue weighted by atomic mass is 127. The van der Waals surface area contributed by atoms with Gasteiger partial charge in [-0.3, -0.25) is 4.99 Å². The molecule has 5 nitrogen and oxygen atoms in total. The van der Waals surface area contributed by atoms with E-state index in [1.165, 1.54) is 16.8 Å². The lowest BCUT2D eigenvalue weighted by Crippen LogP contribution is -2.45. The van der Waals surface area contributed by atoms with Crippen molar-refractivity contribution in [1.82, 2.24) is 10.6 Å². The van der Waals surface area contributed by atoms with Crippen molar-refractivity contribution in [2.75, 3.05) is 39.2 Å². The molecule has 0 saturated carbocycles. The summed E-state index contributed by atoms with van der Waals surface area (Å²) in [5, 5.41) is 6.76. The number of benzene rings is 1. The summed E-state index contributed by atoms with van der Waals surface area (Å²) in [6, 6.07) is 6.53. The molecule has 0 radical (unpaired) electrons. The van der Waals surface area contributed by atoms with E-state index < -0.39 is 0 Å². The smallest absolute Gasteiger partial charge is 0.191 e. The maximum Gasteiger partial charge on any atom is 0.191 e. The molecule has 0 amide bonds. The van der Waals surface area contributed by atoms with Gasteiger partial charge in [-0.2, -0.15) is 0 Å². The van der Waals surface area contributed by atoms with Crippen LogP contribution in [0.15, 0.2) is 23.2 Å². The molecule has 1 aromatic carbocycles. The molecular formula is C18H31IN4O. The van der Waals surface area contributed by atoms with Crippen molar-refractivity contribution >= 4 is 35.6 Å². The van der Waals surface area contributed by atoms with Crippen molar-refractivity contribution in [2.24, 2.45) is 4.99 Å². The molecule has 6 heteroatoms. The van der Waals surface area contributed by atoms with Crippen molar-refractivity contribution in [3.63, 3.8) is 0 Å². The molecule has 0 spiro atoms. The summed E-state index contributed by atoms with van der Waals surface area (Å²) in [4.78, 5) is 6.42. The lowest BCUT2D eigenvalue weighted by Gasteiger charge is -2.25. The molecule has 1 aliphatic heterocycles. The average Bonchev–Trinajstić information content (AvgIpc) is 2.95. The number of halogens is 1. The Labute approximate surface area is 163 Å². The number of aryl methyl sites for hydroxylation is 1. The lowest BCUT2D eigenvalue weighted by atomic mass is 10.0. The van der Waals surface area contributed by atoms with Crippen LogP contribution in [0.1, 0.15) is 30.9 Å². The summed E-state index contributed by atoms with van der Waals surface area (Å²) in [6.07, 6.45) is 2.24. The molecule has 1 saturated heterocycles. The van der Waals surface area contributed by atoms with Gasteiger partial charge >= 0.3 is 0 Å². The third-order valence-corrected chi connectivity index (χ3v) is 4.44. The molecule has 24 heavy (non-hydrogen) atoms. The third kappa shape index (κ3) is 5.81. The number of rotatable bonds is 5. The molecule has 1 atom stereocenters. The van der Waals surface area contributed by atoms with Crippen LogP contribution in [-0.4, -0.2) is 45.9 Å². The predicted octanol–water partition coefficient (Wildman–Crippen LogP) is 2.91. The molecule has 1 aromatic rings. The summed E-state index contributed by atoms with van der Waals surface area (Å²) in [6.45, 7) is 6.71. The van der Waals surface area contributed by atoms with Gasteiger partial charge in [0.25, 0.3) is 0 Å². The minimum absolute atomic E-state index is 0. The van der Waals surface area contributed by atoms with Crippen LogP contribution in [0.4, 0.5) is 5.69 Å². The highest BCUT2D eigenvalue weighted by Crippen LogP contribution is 2.23. The Kier molecular flexibility index (Phi) is 8.29. The highest BCUT2D eigenvalue weighted by molar-refractivity contribution is 14.0. The second kappa shape index (κ2) is 9.46. The first-order valence-electron chi connectivity index (χ1n) is 8.29. The second-order valence-electron chi connectivity index (χ2n) is 6.69. The van der Waals surface area contributed by atoms with Gasteiger partial charge in [-0.1, -0.05) is 6.07 Å². The summed E-state index contributed by atoms with van der Waals surface area (Å²) in [5.41, 5.74) is 3.72. The van der Waals surface area contributed by atoms with Crippen LogP contribution in [0.3, 0.4) is 0 Å². The van der Waals surface area contributed by atoms with Crippen LogP contribution in [-0.2, 0) is 11.3 Å². The van der Waals surface area contributed by atoms with Gasteiger partial charge in [0, 0.05) is 46.5 Å². The number of hydrogen-bond acceptors (Lipinski definition) is 3. The fraction of sp³-hybridized carbons (Fsp3) is 0.611. The van der Waals surface area contributed by atoms with E-state index in [9.17, 15) is 0 Å². The molecular weight excluding hydrogens is 415 g/mol. The molecule has 2 rings (SSSR count). The molecule has 0 aromatic heterocycles. The highest BCUT2D eigenvalue weighted by Gasteiger charge is 2.29. The number of nitrogens with zero attached hydrogens (tertiary/aromatic N) is 2. The Morgan fingerprint density at radius 2 is 2.08 bits per heavy atom. The maximum absolute atomic E-state index is 5.80. The van der Waals surface area contributed by atoms with E-state index in [1.54, 1.807) is 7.05 Å². The zero-order valence-electron chi connectivity index (χ0n) is 15.5. The summed E-state index contributed by atoms with van der Waals surface area (Å²) in [7, 11) is 5.92. The fourth-order valence-corrected chi connectivity index (χ4v) is 2.80. The number of nitrogens with one attached hydrogen (secondary N) is 2. The van der Waals surface area contributed by atoms with Crippen LogP contribution in [0, 0.1) is 6.92 Å². The predicted molar refractivity (Wildman–Crippen MR) is 113 cm³/mol. The van der Waals surface area contributed by atoms with E-state index in [4.69, 9.17) is 4.74 Å². The number of guanidine groups is 1. The van der Waals surface area contributed by atoms with Gasteiger partial charge < -0.3 is 20.3 Å². The van der Waals surface area contributed by atoms with E-state index in [0.717, 1.165) is 38.5 Å². The molecule has 136 valence electrons. The Balaban J connectivity index is 0.00000288. The summed E-state index contributed by atoms with van der Waals surface area (Å²) in [5.74, 6) is 0.817. The van der Waals surface area contributed by atoms with Crippen molar-refractivity contribution < 1.29 is 4.74 Å². The third-order valence-electron chi connectivity index (χ3n) is 4.44. The van der Waals surface area contributed by atoms with E-state index in [1.807, 2.05) is 0 Å². The van der Waals surface area contributed by atoms with Crippen LogP contribution < -0.4 is 15.5 Å². The first-order chi connectivity index (χ1) is 10.9. The Morgan fingerprint density at radius 1 is 1.33 bits per heavy atom. The zero-order valence-corrected chi connectivity index (χ0v) is 17.8. The number of aliphatic imine (C=N–C) groups is 1. The fourth-order valence-electron chi connectivity index (χ4n) is 2.80. The Hall–Kier alpha value is -1.02. The van der Waals surface area contributed by atoms with Gasteiger partial charge in [0.2, 0.25) is 0 Å². The van der Waals surface area contributed by atoms with Crippen LogP contribution >= 0.6 is 24.0 Å². The average molecular weight is 446 g/mol. The van der Waals surface area contributed by atoms with E-state index in [0.29, 0.717) is 0 Å². The molecule has 1 unspecified atom stereocenters. The van der Waals surface area contributed by atoms with E-state index in [2.05, 4.69) is 66.7 Å².